The van der Waals surface area contributed by atoms with Crippen molar-refractivity contribution in [3.05, 3.63) is 65.7 Å². The molecule has 160 valence electrons. The van der Waals surface area contributed by atoms with Gasteiger partial charge < -0.3 is 19.9 Å². The number of nitrogens with zero attached hydrogens (tertiary/aromatic N) is 1. The maximum Gasteiger partial charge on any atom is 0.410 e. The van der Waals surface area contributed by atoms with Gasteiger partial charge in [-0.2, -0.15) is 0 Å². The van der Waals surface area contributed by atoms with Crippen LogP contribution in [0.2, 0.25) is 0 Å². The lowest BCUT2D eigenvalue weighted by atomic mass is 10.0. The number of esters is 1. The number of benzene rings is 2. The minimum Gasteiger partial charge on any atom is -0.508 e. The van der Waals surface area contributed by atoms with Crippen LogP contribution in [0.15, 0.2) is 54.6 Å². The Morgan fingerprint density at radius 1 is 1.03 bits per heavy atom. The second-order valence-corrected chi connectivity index (χ2v) is 6.79. The summed E-state index contributed by atoms with van der Waals surface area (Å²) in [6.07, 6.45) is -0.514. The van der Waals surface area contributed by atoms with Gasteiger partial charge in [0.05, 0.1) is 7.11 Å². The summed E-state index contributed by atoms with van der Waals surface area (Å²) in [5.74, 6) is -1.03. The highest BCUT2D eigenvalue weighted by molar-refractivity contribution is 5.89. The van der Waals surface area contributed by atoms with Crippen LogP contribution in [0.1, 0.15) is 18.1 Å². The standard InChI is InChI=1S/C22H26N2O6/c1-15(21(27)29-3)23-20(26)19(13-16-9-11-18(25)12-10-16)24(2)22(28)30-14-17-7-5-4-6-8-17/h4-12,15,19,25H,13-14H2,1-3H3,(H,23,26)/t15-,19-/m0/s1. The first-order valence-corrected chi connectivity index (χ1v) is 9.41. The van der Waals surface area contributed by atoms with Gasteiger partial charge in [-0.25, -0.2) is 9.59 Å². The normalized spacial score (nSPS) is 12.4. The molecule has 0 aliphatic rings. The summed E-state index contributed by atoms with van der Waals surface area (Å²) in [7, 11) is 2.69. The average molecular weight is 414 g/mol. The number of hydrogen-bond acceptors (Lipinski definition) is 6. The maximum absolute atomic E-state index is 12.8. The third kappa shape index (κ3) is 6.51. The SMILES string of the molecule is COC(=O)[C@H](C)NC(=O)[C@H](Cc1ccc(O)cc1)N(C)C(=O)OCc1ccccc1. The molecule has 2 aromatic carbocycles. The number of rotatable bonds is 8. The van der Waals surface area contributed by atoms with E-state index in [0.717, 1.165) is 11.1 Å². The van der Waals surface area contributed by atoms with E-state index in [0.29, 0.717) is 0 Å². The molecule has 30 heavy (non-hydrogen) atoms. The smallest absolute Gasteiger partial charge is 0.410 e. The molecule has 8 heteroatoms. The first kappa shape index (κ1) is 22.7. The topological polar surface area (TPSA) is 105 Å². The summed E-state index contributed by atoms with van der Waals surface area (Å²) in [4.78, 5) is 38.3. The molecule has 0 saturated heterocycles. The van der Waals surface area contributed by atoms with Crippen LogP contribution in [-0.4, -0.2) is 54.2 Å². The summed E-state index contributed by atoms with van der Waals surface area (Å²) < 4.78 is 9.96. The molecular weight excluding hydrogens is 388 g/mol. The summed E-state index contributed by atoms with van der Waals surface area (Å²) in [6, 6.07) is 13.7. The molecule has 0 heterocycles. The lowest BCUT2D eigenvalue weighted by Gasteiger charge is -2.27. The molecule has 0 unspecified atom stereocenters. The van der Waals surface area contributed by atoms with E-state index in [1.807, 2.05) is 30.3 Å². The highest BCUT2D eigenvalue weighted by Gasteiger charge is 2.30. The largest absolute Gasteiger partial charge is 0.508 e. The summed E-state index contributed by atoms with van der Waals surface area (Å²) in [5, 5.41) is 12.0. The van der Waals surface area contributed by atoms with Crippen LogP contribution in [0.3, 0.4) is 0 Å². The molecule has 0 saturated carbocycles. The Morgan fingerprint density at radius 2 is 1.67 bits per heavy atom. The molecule has 0 aromatic heterocycles. The predicted molar refractivity (Wildman–Crippen MR) is 110 cm³/mol. The minimum atomic E-state index is -0.940. The van der Waals surface area contributed by atoms with E-state index in [9.17, 15) is 19.5 Å². The van der Waals surface area contributed by atoms with Gasteiger partial charge in [0.25, 0.3) is 0 Å². The number of phenols is 1. The van der Waals surface area contributed by atoms with Crippen molar-refractivity contribution < 1.29 is 29.0 Å². The van der Waals surface area contributed by atoms with E-state index in [1.54, 1.807) is 12.1 Å². The summed E-state index contributed by atoms with van der Waals surface area (Å²) >= 11 is 0. The van der Waals surface area contributed by atoms with Crippen LogP contribution in [0.4, 0.5) is 4.79 Å². The Morgan fingerprint density at radius 3 is 2.27 bits per heavy atom. The van der Waals surface area contributed by atoms with Gasteiger partial charge in [-0.3, -0.25) is 9.69 Å². The number of carbonyl (C=O) groups excluding carboxylic acids is 3. The van der Waals surface area contributed by atoms with Gasteiger partial charge in [-0.1, -0.05) is 42.5 Å². The molecule has 0 spiro atoms. The van der Waals surface area contributed by atoms with Gasteiger partial charge in [-0.15, -0.1) is 0 Å². The van der Waals surface area contributed by atoms with Gasteiger partial charge >= 0.3 is 12.1 Å². The Hall–Kier alpha value is -3.55. The number of methoxy groups -OCH3 is 1. The maximum atomic E-state index is 12.8. The number of amides is 2. The second kappa shape index (κ2) is 10.8. The zero-order chi connectivity index (χ0) is 22.1. The fourth-order valence-corrected chi connectivity index (χ4v) is 2.75. The Labute approximate surface area is 175 Å². The molecule has 2 N–H and O–H groups in total. The van der Waals surface area contributed by atoms with Crippen molar-refractivity contribution in [3.8, 4) is 5.75 Å². The van der Waals surface area contributed by atoms with Gasteiger partial charge in [0.1, 0.15) is 24.4 Å². The van der Waals surface area contributed by atoms with Gasteiger partial charge in [0, 0.05) is 13.5 Å². The Bertz CT molecular complexity index is 854. The van der Waals surface area contributed by atoms with Crippen LogP contribution in [0.25, 0.3) is 0 Å². The molecule has 2 atom stereocenters. The number of carbonyl (C=O) groups is 3. The van der Waals surface area contributed by atoms with E-state index in [1.165, 1.54) is 38.1 Å². The summed E-state index contributed by atoms with van der Waals surface area (Å²) in [5.41, 5.74) is 1.54. The zero-order valence-electron chi connectivity index (χ0n) is 17.2. The second-order valence-electron chi connectivity index (χ2n) is 6.79. The zero-order valence-corrected chi connectivity index (χ0v) is 17.2. The molecule has 2 rings (SSSR count). The van der Waals surface area contributed by atoms with Gasteiger partial charge in [0.2, 0.25) is 5.91 Å². The molecule has 0 fully saturated rings. The molecule has 0 aliphatic heterocycles. The Balaban J connectivity index is 2.13. The van der Waals surface area contributed by atoms with Crippen LogP contribution in [-0.2, 0) is 32.1 Å². The first-order chi connectivity index (χ1) is 14.3. The third-order valence-corrected chi connectivity index (χ3v) is 4.54. The fourth-order valence-electron chi connectivity index (χ4n) is 2.75. The highest BCUT2D eigenvalue weighted by Crippen LogP contribution is 2.15. The van der Waals surface area contributed by atoms with Crippen molar-refractivity contribution in [1.29, 1.82) is 0 Å². The molecule has 2 aromatic rings. The quantitative estimate of drug-likeness (QED) is 0.642. The predicted octanol–water partition coefficient (Wildman–Crippen LogP) is 2.25. The molecular formula is C22H26N2O6. The minimum absolute atomic E-state index is 0.0656. The van der Waals surface area contributed by atoms with Crippen LogP contribution in [0, 0.1) is 0 Å². The molecule has 2 amide bonds. The molecule has 0 bridgehead atoms. The van der Waals surface area contributed by atoms with Crippen molar-refractivity contribution >= 4 is 18.0 Å². The van der Waals surface area contributed by atoms with Gasteiger partial charge in [-0.05, 0) is 30.2 Å². The van der Waals surface area contributed by atoms with E-state index in [4.69, 9.17) is 4.74 Å². The summed E-state index contributed by atoms with van der Waals surface area (Å²) in [6.45, 7) is 1.56. The van der Waals surface area contributed by atoms with Crippen molar-refractivity contribution in [2.75, 3.05) is 14.2 Å². The molecule has 0 aliphatic carbocycles. The lowest BCUT2D eigenvalue weighted by Crippen LogP contribution is -2.52. The van der Waals surface area contributed by atoms with Crippen LogP contribution >= 0.6 is 0 Å². The van der Waals surface area contributed by atoms with Crippen molar-refractivity contribution in [3.63, 3.8) is 0 Å². The fraction of sp³-hybridized carbons (Fsp3) is 0.318. The number of aromatic hydroxyl groups is 1. The van der Waals surface area contributed by atoms with Crippen LogP contribution in [0.5, 0.6) is 5.75 Å². The monoisotopic (exact) mass is 414 g/mol. The number of hydrogen-bond donors (Lipinski definition) is 2. The molecule has 8 nitrogen and oxygen atoms in total. The lowest BCUT2D eigenvalue weighted by molar-refractivity contribution is -0.145. The number of likely N-dealkylation sites (N-methyl/N-ethyl adjacent to an activating group) is 1. The molecule has 0 radical (unpaired) electrons. The van der Waals surface area contributed by atoms with Crippen LogP contribution < -0.4 is 5.32 Å². The van der Waals surface area contributed by atoms with Crippen molar-refractivity contribution in [2.24, 2.45) is 0 Å². The highest BCUT2D eigenvalue weighted by atomic mass is 16.6. The van der Waals surface area contributed by atoms with Gasteiger partial charge in [0.15, 0.2) is 0 Å². The van der Waals surface area contributed by atoms with Crippen molar-refractivity contribution in [1.82, 2.24) is 10.2 Å². The third-order valence-electron chi connectivity index (χ3n) is 4.54. The number of nitrogens with one attached hydrogen (secondary N) is 1. The van der Waals surface area contributed by atoms with E-state index >= 15 is 0 Å². The Kier molecular flexibility index (Phi) is 8.22. The van der Waals surface area contributed by atoms with Crippen molar-refractivity contribution in [2.45, 2.75) is 32.0 Å². The number of phenolic OH excluding ortho intramolecular Hbond substituents is 1. The average Bonchev–Trinajstić information content (AvgIpc) is 2.76. The van der Waals surface area contributed by atoms with E-state index in [2.05, 4.69) is 10.1 Å². The number of ether oxygens (including phenoxy) is 2. The van der Waals surface area contributed by atoms with E-state index < -0.39 is 30.1 Å². The van der Waals surface area contributed by atoms with E-state index in [-0.39, 0.29) is 18.8 Å². The first-order valence-electron chi connectivity index (χ1n) is 9.41.